The molecule has 0 saturated heterocycles. The van der Waals surface area contributed by atoms with Crippen molar-refractivity contribution < 1.29 is 14.8 Å². The number of benzene rings is 1. The van der Waals surface area contributed by atoms with E-state index in [4.69, 9.17) is 16.2 Å². The second-order valence-electron chi connectivity index (χ2n) is 3.12. The molecule has 0 unspecified atom stereocenters. The standard InChI is InChI=1S/C9H11N5O4/c1-18-7-3-5(4-12-13-9(10)11)2-6(8(7)15)14(16)17/h2-4,15H,1H3,(H4,10,11,13)/b12-4-. The summed E-state index contributed by atoms with van der Waals surface area (Å²) in [5, 5.41) is 27.1. The van der Waals surface area contributed by atoms with Crippen molar-refractivity contribution in [2.24, 2.45) is 21.7 Å². The zero-order valence-corrected chi connectivity index (χ0v) is 9.40. The van der Waals surface area contributed by atoms with E-state index in [0.717, 1.165) is 6.07 Å². The number of rotatable bonds is 4. The lowest BCUT2D eigenvalue weighted by atomic mass is 10.2. The summed E-state index contributed by atoms with van der Waals surface area (Å²) in [6.07, 6.45) is 1.19. The number of nitro groups is 1. The lowest BCUT2D eigenvalue weighted by Gasteiger charge is -2.04. The number of phenols is 1. The van der Waals surface area contributed by atoms with Crippen LogP contribution in [0, 0.1) is 10.1 Å². The average molecular weight is 253 g/mol. The van der Waals surface area contributed by atoms with Gasteiger partial charge in [-0.1, -0.05) is 0 Å². The topological polar surface area (TPSA) is 149 Å². The van der Waals surface area contributed by atoms with Crippen molar-refractivity contribution in [3.63, 3.8) is 0 Å². The summed E-state index contributed by atoms with van der Waals surface area (Å²) in [7, 11) is 1.27. The van der Waals surface area contributed by atoms with Gasteiger partial charge in [-0.3, -0.25) is 10.1 Å². The molecule has 9 nitrogen and oxygen atoms in total. The van der Waals surface area contributed by atoms with Gasteiger partial charge in [-0.05, 0) is 6.07 Å². The highest BCUT2D eigenvalue weighted by Gasteiger charge is 2.19. The van der Waals surface area contributed by atoms with Crippen molar-refractivity contribution in [1.82, 2.24) is 0 Å². The molecule has 96 valence electrons. The highest BCUT2D eigenvalue weighted by atomic mass is 16.6. The molecule has 0 amide bonds. The Labute approximate surface area is 102 Å². The molecule has 0 aliphatic carbocycles. The van der Waals surface area contributed by atoms with Crippen molar-refractivity contribution in [2.45, 2.75) is 0 Å². The SMILES string of the molecule is COc1cc(/C=N\N=C(N)N)cc([N+](=O)[O-])c1O. The number of nitrogens with two attached hydrogens (primary N) is 2. The van der Waals surface area contributed by atoms with E-state index in [2.05, 4.69) is 10.2 Å². The van der Waals surface area contributed by atoms with E-state index in [9.17, 15) is 15.2 Å². The van der Waals surface area contributed by atoms with Gasteiger partial charge in [-0.25, -0.2) is 0 Å². The monoisotopic (exact) mass is 253 g/mol. The maximum atomic E-state index is 10.7. The van der Waals surface area contributed by atoms with Crippen LogP contribution in [-0.2, 0) is 0 Å². The summed E-state index contributed by atoms with van der Waals surface area (Å²) in [6.45, 7) is 0. The first-order valence-corrected chi connectivity index (χ1v) is 4.63. The van der Waals surface area contributed by atoms with Gasteiger partial charge < -0.3 is 21.3 Å². The molecule has 9 heteroatoms. The number of hydrogen-bond acceptors (Lipinski definition) is 6. The van der Waals surface area contributed by atoms with E-state index >= 15 is 0 Å². The third-order valence-corrected chi connectivity index (χ3v) is 1.87. The maximum absolute atomic E-state index is 10.7. The molecular weight excluding hydrogens is 242 g/mol. The molecule has 1 aromatic carbocycles. The first-order chi connectivity index (χ1) is 8.45. The van der Waals surface area contributed by atoms with E-state index in [0.29, 0.717) is 5.56 Å². The minimum Gasteiger partial charge on any atom is -0.500 e. The van der Waals surface area contributed by atoms with E-state index in [1.165, 1.54) is 19.4 Å². The zero-order chi connectivity index (χ0) is 13.7. The van der Waals surface area contributed by atoms with Crippen molar-refractivity contribution in [3.8, 4) is 11.5 Å². The third-order valence-electron chi connectivity index (χ3n) is 1.87. The number of nitro benzene ring substituents is 1. The number of aromatic hydroxyl groups is 1. The number of phenolic OH excluding ortho intramolecular Hbond substituents is 1. The third kappa shape index (κ3) is 3.07. The van der Waals surface area contributed by atoms with E-state index in [1.807, 2.05) is 0 Å². The summed E-state index contributed by atoms with van der Waals surface area (Å²) < 4.78 is 4.80. The Morgan fingerprint density at radius 1 is 1.56 bits per heavy atom. The van der Waals surface area contributed by atoms with Gasteiger partial charge in [0.1, 0.15) is 0 Å². The van der Waals surface area contributed by atoms with Crippen LogP contribution in [0.4, 0.5) is 5.69 Å². The second kappa shape index (κ2) is 5.48. The molecule has 0 atom stereocenters. The van der Waals surface area contributed by atoms with Crippen molar-refractivity contribution in [1.29, 1.82) is 0 Å². The Hall–Kier alpha value is -2.84. The van der Waals surface area contributed by atoms with Crippen LogP contribution < -0.4 is 16.2 Å². The van der Waals surface area contributed by atoms with Crippen molar-refractivity contribution in [2.75, 3.05) is 7.11 Å². The molecule has 0 bridgehead atoms. The molecule has 1 rings (SSSR count). The molecule has 0 saturated carbocycles. The fourth-order valence-electron chi connectivity index (χ4n) is 1.15. The Kier molecular flexibility index (Phi) is 4.02. The Bertz CT molecular complexity index is 522. The van der Waals surface area contributed by atoms with Gasteiger partial charge in [-0.15, -0.1) is 5.10 Å². The van der Waals surface area contributed by atoms with E-state index < -0.39 is 16.4 Å². The number of ether oxygens (including phenoxy) is 1. The molecule has 5 N–H and O–H groups in total. The minimum absolute atomic E-state index is 0.0460. The van der Waals surface area contributed by atoms with Crippen LogP contribution in [0.15, 0.2) is 22.3 Å². The summed E-state index contributed by atoms with van der Waals surface area (Å²) in [4.78, 5) is 9.96. The molecule has 0 radical (unpaired) electrons. The smallest absolute Gasteiger partial charge is 0.315 e. The number of nitrogens with zero attached hydrogens (tertiary/aromatic N) is 3. The second-order valence-corrected chi connectivity index (χ2v) is 3.12. The fraction of sp³-hybridized carbons (Fsp3) is 0.111. The Morgan fingerprint density at radius 2 is 2.22 bits per heavy atom. The van der Waals surface area contributed by atoms with E-state index in [-0.39, 0.29) is 11.7 Å². The lowest BCUT2D eigenvalue weighted by molar-refractivity contribution is -0.386. The summed E-state index contributed by atoms with van der Waals surface area (Å²) >= 11 is 0. The molecule has 18 heavy (non-hydrogen) atoms. The Balaban J connectivity index is 3.22. The van der Waals surface area contributed by atoms with Crippen LogP contribution in [-0.4, -0.2) is 29.3 Å². The fourth-order valence-corrected chi connectivity index (χ4v) is 1.15. The maximum Gasteiger partial charge on any atom is 0.315 e. The Morgan fingerprint density at radius 3 is 2.72 bits per heavy atom. The molecular formula is C9H11N5O4. The minimum atomic E-state index is -0.740. The van der Waals surface area contributed by atoms with Crippen LogP contribution in [0.25, 0.3) is 0 Å². The van der Waals surface area contributed by atoms with Gasteiger partial charge in [0.2, 0.25) is 11.7 Å². The number of hydrogen-bond donors (Lipinski definition) is 3. The molecule has 0 aliphatic heterocycles. The van der Waals surface area contributed by atoms with Gasteiger partial charge in [0.15, 0.2) is 5.75 Å². The summed E-state index contributed by atoms with van der Waals surface area (Å²) in [6, 6.07) is 2.47. The van der Waals surface area contributed by atoms with Crippen LogP contribution in [0.3, 0.4) is 0 Å². The van der Waals surface area contributed by atoms with Crippen LogP contribution in [0.1, 0.15) is 5.56 Å². The van der Waals surface area contributed by atoms with Gasteiger partial charge in [0.05, 0.1) is 18.2 Å². The average Bonchev–Trinajstić information content (AvgIpc) is 2.30. The van der Waals surface area contributed by atoms with E-state index in [1.54, 1.807) is 0 Å². The first kappa shape index (κ1) is 13.2. The number of methoxy groups -OCH3 is 1. The predicted octanol–water partition coefficient (Wildman–Crippen LogP) is -0.0837. The predicted molar refractivity (Wildman–Crippen MR) is 64.7 cm³/mol. The van der Waals surface area contributed by atoms with Crippen molar-refractivity contribution >= 4 is 17.9 Å². The normalized spacial score (nSPS) is 10.3. The molecule has 0 aromatic heterocycles. The summed E-state index contributed by atoms with van der Waals surface area (Å²) in [5.74, 6) is -0.844. The van der Waals surface area contributed by atoms with Gasteiger partial charge in [-0.2, -0.15) is 5.10 Å². The first-order valence-electron chi connectivity index (χ1n) is 4.63. The van der Waals surface area contributed by atoms with Gasteiger partial charge in [0, 0.05) is 11.6 Å². The summed E-state index contributed by atoms with van der Waals surface area (Å²) in [5.41, 5.74) is 9.92. The largest absolute Gasteiger partial charge is 0.500 e. The quantitative estimate of drug-likeness (QED) is 0.295. The molecule has 0 aliphatic rings. The van der Waals surface area contributed by atoms with Crippen LogP contribution >= 0.6 is 0 Å². The molecule has 1 aromatic rings. The van der Waals surface area contributed by atoms with Crippen LogP contribution in [0.2, 0.25) is 0 Å². The van der Waals surface area contributed by atoms with Gasteiger partial charge in [0.25, 0.3) is 0 Å². The van der Waals surface area contributed by atoms with Gasteiger partial charge >= 0.3 is 5.69 Å². The number of guanidine groups is 1. The highest BCUT2D eigenvalue weighted by Crippen LogP contribution is 2.36. The lowest BCUT2D eigenvalue weighted by Crippen LogP contribution is -2.21. The molecule has 0 spiro atoms. The zero-order valence-electron chi connectivity index (χ0n) is 9.40. The molecule has 0 fully saturated rings. The van der Waals surface area contributed by atoms with Crippen LogP contribution in [0.5, 0.6) is 11.5 Å². The highest BCUT2D eigenvalue weighted by molar-refractivity contribution is 5.84. The molecule has 0 heterocycles. The van der Waals surface area contributed by atoms with Crippen molar-refractivity contribution in [3.05, 3.63) is 27.8 Å².